The van der Waals surface area contributed by atoms with Crippen molar-refractivity contribution in [1.29, 1.82) is 0 Å². The van der Waals surface area contributed by atoms with Gasteiger partial charge in [-0.1, -0.05) is 170 Å². The smallest absolute Gasteiger partial charge is 0.160 e. The second kappa shape index (κ2) is 14.7. The van der Waals surface area contributed by atoms with Gasteiger partial charge in [0.15, 0.2) is 5.82 Å². The van der Waals surface area contributed by atoms with Gasteiger partial charge < -0.3 is 9.13 Å². The Labute approximate surface area is 359 Å². The molecule has 0 amide bonds. The standard InChI is InChI=1S/C58H38N4/c1-5-17-40(18-6-1)56-55(57(41-19-7-2-8-20-41)60-58(59-56)42-21-9-3-10-22-42)39-29-33-46(34-30-39)62-52-28-16-14-26-48(52)50-38-44(32-36-54(50)62)43-31-35-53-49(37-43)47-25-13-15-27-51(47)61(53)45-23-11-4-12-24-45/h1-38H. The van der Waals surface area contributed by atoms with Crippen molar-refractivity contribution in [3.05, 3.63) is 231 Å². The minimum atomic E-state index is 0.701. The maximum Gasteiger partial charge on any atom is 0.160 e. The van der Waals surface area contributed by atoms with Gasteiger partial charge in [-0.2, -0.15) is 0 Å². The van der Waals surface area contributed by atoms with Gasteiger partial charge in [-0.05, 0) is 77.4 Å². The molecule has 9 aromatic carbocycles. The van der Waals surface area contributed by atoms with Crippen molar-refractivity contribution in [2.75, 3.05) is 0 Å². The highest BCUT2D eigenvalue weighted by Gasteiger charge is 2.21. The summed E-state index contributed by atoms with van der Waals surface area (Å²) in [4.78, 5) is 10.6. The molecule has 62 heavy (non-hydrogen) atoms. The van der Waals surface area contributed by atoms with Gasteiger partial charge >= 0.3 is 0 Å². The van der Waals surface area contributed by atoms with E-state index in [0.29, 0.717) is 5.82 Å². The Kier molecular flexibility index (Phi) is 8.46. The first-order valence-electron chi connectivity index (χ1n) is 21.1. The Hall–Kier alpha value is -8.34. The van der Waals surface area contributed by atoms with E-state index in [2.05, 4.69) is 221 Å². The van der Waals surface area contributed by atoms with Crippen molar-refractivity contribution in [2.45, 2.75) is 0 Å². The summed E-state index contributed by atoms with van der Waals surface area (Å²) in [5.41, 5.74) is 16.3. The van der Waals surface area contributed by atoms with Crippen LogP contribution in [-0.2, 0) is 0 Å². The zero-order valence-corrected chi connectivity index (χ0v) is 33.7. The highest BCUT2D eigenvalue weighted by atomic mass is 15.0. The molecular weight excluding hydrogens is 753 g/mol. The number of para-hydroxylation sites is 3. The van der Waals surface area contributed by atoms with Crippen LogP contribution in [0.25, 0.3) is 111 Å². The first kappa shape index (κ1) is 35.6. The molecule has 4 nitrogen and oxygen atoms in total. The molecule has 0 aliphatic carbocycles. The summed E-state index contributed by atoms with van der Waals surface area (Å²) in [5.74, 6) is 0.701. The molecule has 3 aromatic heterocycles. The molecule has 0 saturated heterocycles. The largest absolute Gasteiger partial charge is 0.309 e. The number of hydrogen-bond acceptors (Lipinski definition) is 2. The molecule has 0 atom stereocenters. The molecule has 0 aliphatic heterocycles. The fourth-order valence-corrected chi connectivity index (χ4v) is 9.28. The van der Waals surface area contributed by atoms with Crippen LogP contribution < -0.4 is 0 Å². The van der Waals surface area contributed by atoms with Crippen LogP contribution in [0.5, 0.6) is 0 Å². The molecule has 0 N–H and O–H groups in total. The summed E-state index contributed by atoms with van der Waals surface area (Å²) >= 11 is 0. The molecule has 3 heterocycles. The van der Waals surface area contributed by atoms with E-state index in [-0.39, 0.29) is 0 Å². The number of fused-ring (bicyclic) bond motifs is 6. The van der Waals surface area contributed by atoms with Gasteiger partial charge in [0.25, 0.3) is 0 Å². The molecule has 0 unspecified atom stereocenters. The van der Waals surface area contributed by atoms with E-state index in [1.807, 2.05) is 18.2 Å². The van der Waals surface area contributed by atoms with Crippen LogP contribution in [0.4, 0.5) is 0 Å². The van der Waals surface area contributed by atoms with E-state index >= 15 is 0 Å². The number of rotatable bonds is 7. The normalized spacial score (nSPS) is 11.5. The third kappa shape index (κ3) is 5.92. The predicted molar refractivity (Wildman–Crippen MR) is 258 cm³/mol. The monoisotopic (exact) mass is 790 g/mol. The highest BCUT2D eigenvalue weighted by molar-refractivity contribution is 6.12. The molecule has 4 heteroatoms. The number of nitrogens with zero attached hydrogens (tertiary/aromatic N) is 4. The lowest BCUT2D eigenvalue weighted by atomic mass is 9.94. The molecule has 0 saturated carbocycles. The molecule has 0 spiro atoms. The molecule has 0 radical (unpaired) electrons. The van der Waals surface area contributed by atoms with E-state index < -0.39 is 0 Å². The molecule has 290 valence electrons. The minimum Gasteiger partial charge on any atom is -0.309 e. The van der Waals surface area contributed by atoms with E-state index in [1.165, 1.54) is 49.2 Å². The first-order chi connectivity index (χ1) is 30.8. The molecule has 12 aromatic rings. The third-order valence-electron chi connectivity index (χ3n) is 12.1. The van der Waals surface area contributed by atoms with Crippen LogP contribution in [0.3, 0.4) is 0 Å². The average molecular weight is 791 g/mol. The van der Waals surface area contributed by atoms with Crippen LogP contribution in [0.1, 0.15) is 0 Å². The maximum absolute atomic E-state index is 5.29. The Balaban J connectivity index is 0.994. The van der Waals surface area contributed by atoms with Crippen molar-refractivity contribution >= 4 is 43.6 Å². The second-order valence-electron chi connectivity index (χ2n) is 15.8. The Morgan fingerprint density at radius 3 is 1.11 bits per heavy atom. The topological polar surface area (TPSA) is 35.6 Å². The summed E-state index contributed by atoms with van der Waals surface area (Å²) < 4.78 is 4.76. The van der Waals surface area contributed by atoms with Crippen molar-refractivity contribution in [3.63, 3.8) is 0 Å². The van der Waals surface area contributed by atoms with Crippen LogP contribution >= 0.6 is 0 Å². The quantitative estimate of drug-likeness (QED) is 0.161. The van der Waals surface area contributed by atoms with E-state index in [4.69, 9.17) is 9.97 Å². The number of hydrogen-bond donors (Lipinski definition) is 0. The number of benzene rings is 9. The zero-order valence-electron chi connectivity index (χ0n) is 33.7. The van der Waals surface area contributed by atoms with Gasteiger partial charge in [-0.25, -0.2) is 9.97 Å². The molecule has 0 bridgehead atoms. The average Bonchev–Trinajstić information content (AvgIpc) is 3.87. The molecular formula is C58H38N4. The highest BCUT2D eigenvalue weighted by Crippen LogP contribution is 2.42. The Morgan fingerprint density at radius 2 is 0.629 bits per heavy atom. The van der Waals surface area contributed by atoms with Crippen LogP contribution in [0.2, 0.25) is 0 Å². The fourth-order valence-electron chi connectivity index (χ4n) is 9.28. The van der Waals surface area contributed by atoms with Crippen molar-refractivity contribution in [2.24, 2.45) is 0 Å². The summed E-state index contributed by atoms with van der Waals surface area (Å²) in [7, 11) is 0. The molecule has 12 rings (SSSR count). The lowest BCUT2D eigenvalue weighted by Crippen LogP contribution is -2.01. The van der Waals surface area contributed by atoms with Gasteiger partial charge in [-0.3, -0.25) is 0 Å². The fraction of sp³-hybridized carbons (Fsp3) is 0. The lowest BCUT2D eigenvalue weighted by molar-refractivity contribution is 1.17. The number of aromatic nitrogens is 4. The van der Waals surface area contributed by atoms with Crippen LogP contribution in [0, 0.1) is 0 Å². The van der Waals surface area contributed by atoms with Gasteiger partial charge in [0.1, 0.15) is 0 Å². The van der Waals surface area contributed by atoms with Crippen LogP contribution in [-0.4, -0.2) is 19.1 Å². The summed E-state index contributed by atoms with van der Waals surface area (Å²) in [6, 6.07) is 82.0. The SMILES string of the molecule is c1ccc(-c2nc(-c3ccccc3)c(-c3ccc(-n4c5ccccc5c5cc(-c6ccc7c(c6)c6ccccc6n7-c6ccccc6)ccc54)cc3)c(-c3ccccc3)n2)cc1. The van der Waals surface area contributed by atoms with Gasteiger partial charge in [-0.15, -0.1) is 0 Å². The molecule has 0 aliphatic rings. The predicted octanol–water partition coefficient (Wildman–Crippen LogP) is 15.0. The van der Waals surface area contributed by atoms with Gasteiger partial charge in [0.05, 0.1) is 33.5 Å². The summed E-state index contributed by atoms with van der Waals surface area (Å²) in [5, 5.41) is 4.93. The minimum absolute atomic E-state index is 0.701. The Morgan fingerprint density at radius 1 is 0.258 bits per heavy atom. The maximum atomic E-state index is 5.29. The summed E-state index contributed by atoms with van der Waals surface area (Å²) in [6.07, 6.45) is 0. The van der Waals surface area contributed by atoms with E-state index in [0.717, 1.165) is 56.1 Å². The second-order valence-corrected chi connectivity index (χ2v) is 15.8. The lowest BCUT2D eigenvalue weighted by Gasteiger charge is -2.17. The van der Waals surface area contributed by atoms with Gasteiger partial charge in [0.2, 0.25) is 0 Å². The van der Waals surface area contributed by atoms with Gasteiger partial charge in [0, 0.05) is 55.2 Å². The van der Waals surface area contributed by atoms with Crippen molar-refractivity contribution in [3.8, 4) is 67.5 Å². The van der Waals surface area contributed by atoms with E-state index in [9.17, 15) is 0 Å². The summed E-state index contributed by atoms with van der Waals surface area (Å²) in [6.45, 7) is 0. The van der Waals surface area contributed by atoms with Crippen molar-refractivity contribution < 1.29 is 0 Å². The first-order valence-corrected chi connectivity index (χ1v) is 21.1. The van der Waals surface area contributed by atoms with Crippen molar-refractivity contribution in [1.82, 2.24) is 19.1 Å². The van der Waals surface area contributed by atoms with Crippen LogP contribution in [0.15, 0.2) is 231 Å². The molecule has 0 fully saturated rings. The van der Waals surface area contributed by atoms with E-state index in [1.54, 1.807) is 0 Å². The Bertz CT molecular complexity index is 3530. The zero-order chi connectivity index (χ0) is 41.0. The third-order valence-corrected chi connectivity index (χ3v) is 12.1.